The number of imide groups is 1. The Morgan fingerprint density at radius 1 is 1.09 bits per heavy atom. The highest BCUT2D eigenvalue weighted by molar-refractivity contribution is 6.31. The van der Waals surface area contributed by atoms with Gasteiger partial charge in [0.25, 0.3) is 0 Å². The number of hydrogen-bond acceptors (Lipinski definition) is 5. The Morgan fingerprint density at radius 2 is 1.85 bits per heavy atom. The van der Waals surface area contributed by atoms with Crippen LogP contribution in [0.4, 0.5) is 5.69 Å². The molecule has 8 nitrogen and oxygen atoms in total. The molecule has 2 unspecified atom stereocenters. The van der Waals surface area contributed by atoms with Crippen molar-refractivity contribution in [3.05, 3.63) is 64.7 Å². The fourth-order valence-corrected chi connectivity index (χ4v) is 5.66. The normalized spacial score (nSPS) is 27.7. The second kappa shape index (κ2) is 7.97. The summed E-state index contributed by atoms with van der Waals surface area (Å²) < 4.78 is 0. The van der Waals surface area contributed by atoms with Gasteiger partial charge in [-0.05, 0) is 36.6 Å². The van der Waals surface area contributed by atoms with Crippen molar-refractivity contribution in [2.45, 2.75) is 30.8 Å². The Morgan fingerprint density at radius 3 is 2.58 bits per heavy atom. The quantitative estimate of drug-likeness (QED) is 0.558. The van der Waals surface area contributed by atoms with Gasteiger partial charge >= 0.3 is 0 Å². The highest BCUT2D eigenvalue weighted by Crippen LogP contribution is 2.53. The monoisotopic (exact) mass is 466 g/mol. The van der Waals surface area contributed by atoms with Crippen molar-refractivity contribution in [1.29, 1.82) is 0 Å². The van der Waals surface area contributed by atoms with E-state index in [0.29, 0.717) is 22.7 Å². The zero-order valence-electron chi connectivity index (χ0n) is 17.7. The van der Waals surface area contributed by atoms with Crippen LogP contribution >= 0.6 is 11.6 Å². The summed E-state index contributed by atoms with van der Waals surface area (Å²) in [6, 6.07) is 14.0. The smallest absolute Gasteiger partial charge is 0.250 e. The minimum Gasteiger partial charge on any atom is -0.370 e. The number of carbonyl (C=O) groups excluding carboxylic acids is 4. The van der Waals surface area contributed by atoms with E-state index in [1.54, 1.807) is 18.2 Å². The first-order chi connectivity index (χ1) is 15.8. The van der Waals surface area contributed by atoms with Crippen molar-refractivity contribution in [3.63, 3.8) is 0 Å². The van der Waals surface area contributed by atoms with Gasteiger partial charge in [0.2, 0.25) is 23.6 Å². The number of nitrogens with two attached hydrogens (primary N) is 1. The Hall–Kier alpha value is -3.23. The number of nitrogens with zero attached hydrogens (tertiary/aromatic N) is 1. The number of anilines is 1. The molecule has 3 heterocycles. The van der Waals surface area contributed by atoms with Gasteiger partial charge in [0.05, 0.1) is 11.8 Å². The summed E-state index contributed by atoms with van der Waals surface area (Å²) in [6.45, 7) is 0.220. The maximum Gasteiger partial charge on any atom is 0.250 e. The summed E-state index contributed by atoms with van der Waals surface area (Å²) in [7, 11) is 0. The predicted octanol–water partition coefficient (Wildman–Crippen LogP) is 1.57. The van der Waals surface area contributed by atoms with Crippen molar-refractivity contribution < 1.29 is 19.2 Å². The molecule has 2 saturated heterocycles. The van der Waals surface area contributed by atoms with Gasteiger partial charge in [-0.1, -0.05) is 41.9 Å². The molecule has 0 aromatic heterocycles. The van der Waals surface area contributed by atoms with Gasteiger partial charge in [0.1, 0.15) is 5.54 Å². The molecule has 9 heteroatoms. The SMILES string of the molecule is NC(=O)CCC1NC2(C(=O)Nc3ccc(Cl)cc32)[C@@H]2C(=O)N(CCc3ccccc3)C(=O)[C@H]12. The fraction of sp³-hybridized carbons (Fsp3) is 0.333. The van der Waals surface area contributed by atoms with E-state index in [1.165, 1.54) is 4.90 Å². The lowest BCUT2D eigenvalue weighted by atomic mass is 9.76. The molecule has 2 aromatic rings. The third-order valence-electron chi connectivity index (χ3n) is 6.94. The van der Waals surface area contributed by atoms with E-state index in [1.807, 2.05) is 30.3 Å². The minimum atomic E-state index is -1.43. The van der Waals surface area contributed by atoms with Crippen molar-refractivity contribution in [1.82, 2.24) is 10.2 Å². The van der Waals surface area contributed by atoms with Crippen molar-refractivity contribution in [2.24, 2.45) is 17.6 Å². The molecule has 4 atom stereocenters. The van der Waals surface area contributed by atoms with Gasteiger partial charge in [-0.15, -0.1) is 0 Å². The van der Waals surface area contributed by atoms with E-state index in [2.05, 4.69) is 10.6 Å². The van der Waals surface area contributed by atoms with Crippen molar-refractivity contribution in [3.8, 4) is 0 Å². The standard InChI is InChI=1S/C24H23ClN4O4/c25-14-6-7-16-15(12-14)24(23(33)27-16)20-19(17(28-24)8-9-18(26)30)21(31)29(22(20)32)11-10-13-4-2-1-3-5-13/h1-7,12,17,19-20,28H,8-11H2,(H2,26,30)(H,27,33)/t17?,19-,20+,24?/m1/s1. The highest BCUT2D eigenvalue weighted by atomic mass is 35.5. The fourth-order valence-electron chi connectivity index (χ4n) is 5.49. The van der Waals surface area contributed by atoms with Crippen LogP contribution in [0, 0.1) is 11.8 Å². The van der Waals surface area contributed by atoms with E-state index in [9.17, 15) is 19.2 Å². The molecular formula is C24H23ClN4O4. The molecule has 0 saturated carbocycles. The minimum absolute atomic E-state index is 0.0342. The summed E-state index contributed by atoms with van der Waals surface area (Å²) in [6.07, 6.45) is 0.790. The first-order valence-electron chi connectivity index (χ1n) is 10.9. The van der Waals surface area contributed by atoms with Crippen LogP contribution in [0.1, 0.15) is 24.0 Å². The first-order valence-corrected chi connectivity index (χ1v) is 11.3. The Bertz CT molecular complexity index is 1170. The second-order valence-electron chi connectivity index (χ2n) is 8.78. The Balaban J connectivity index is 1.53. The molecule has 2 aromatic carbocycles. The summed E-state index contributed by atoms with van der Waals surface area (Å²) in [5.41, 5.74) is 6.02. The van der Waals surface area contributed by atoms with Gasteiger partial charge in [-0.2, -0.15) is 0 Å². The average Bonchev–Trinajstić information content (AvgIpc) is 3.37. The lowest BCUT2D eigenvalue weighted by molar-refractivity contribution is -0.142. The maximum atomic E-state index is 13.7. The van der Waals surface area contributed by atoms with Gasteiger partial charge in [-0.3, -0.25) is 29.4 Å². The summed E-state index contributed by atoms with van der Waals surface area (Å²) in [5, 5.41) is 6.51. The van der Waals surface area contributed by atoms with Gasteiger partial charge in [-0.25, -0.2) is 0 Å². The number of rotatable bonds is 6. The molecule has 0 bridgehead atoms. The van der Waals surface area contributed by atoms with Crippen molar-refractivity contribution in [2.75, 3.05) is 11.9 Å². The van der Waals surface area contributed by atoms with Crippen LogP contribution in [-0.2, 0) is 31.1 Å². The van der Waals surface area contributed by atoms with Crippen LogP contribution in [0.5, 0.6) is 0 Å². The lowest BCUT2D eigenvalue weighted by Crippen LogP contribution is -2.53. The molecule has 1 spiro atoms. The van der Waals surface area contributed by atoms with Gasteiger partial charge < -0.3 is 11.1 Å². The molecule has 0 aliphatic carbocycles. The van der Waals surface area contributed by atoms with Crippen LogP contribution in [0.2, 0.25) is 5.02 Å². The number of nitrogens with one attached hydrogen (secondary N) is 2. The van der Waals surface area contributed by atoms with E-state index in [0.717, 1.165) is 5.56 Å². The molecule has 2 fully saturated rings. The van der Waals surface area contributed by atoms with E-state index in [4.69, 9.17) is 17.3 Å². The number of primary amides is 1. The molecule has 170 valence electrons. The lowest BCUT2D eigenvalue weighted by Gasteiger charge is -2.29. The van der Waals surface area contributed by atoms with Crippen LogP contribution in [0.15, 0.2) is 48.5 Å². The molecule has 4 amide bonds. The first kappa shape index (κ1) is 21.6. The van der Waals surface area contributed by atoms with Crippen molar-refractivity contribution >= 4 is 40.9 Å². The molecule has 5 rings (SSSR count). The van der Waals surface area contributed by atoms with Gasteiger partial charge in [0, 0.05) is 35.3 Å². The summed E-state index contributed by atoms with van der Waals surface area (Å²) in [5.74, 6) is -3.34. The zero-order valence-corrected chi connectivity index (χ0v) is 18.5. The number of fused-ring (bicyclic) bond motifs is 4. The maximum absolute atomic E-state index is 13.7. The predicted molar refractivity (Wildman–Crippen MR) is 121 cm³/mol. The van der Waals surface area contributed by atoms with E-state index in [-0.39, 0.29) is 25.3 Å². The average molecular weight is 467 g/mol. The van der Waals surface area contributed by atoms with Crippen LogP contribution in [-0.4, -0.2) is 41.1 Å². The molecule has 0 radical (unpaired) electrons. The zero-order chi connectivity index (χ0) is 23.3. The third kappa shape index (κ3) is 3.32. The molecule has 4 N–H and O–H groups in total. The largest absolute Gasteiger partial charge is 0.370 e. The second-order valence-corrected chi connectivity index (χ2v) is 9.21. The number of likely N-dealkylation sites (tertiary alicyclic amines) is 1. The Kier molecular flexibility index (Phi) is 5.22. The number of carbonyl (C=O) groups is 4. The number of halogens is 1. The summed E-state index contributed by atoms with van der Waals surface area (Å²) in [4.78, 5) is 53.2. The number of hydrogen-bond donors (Lipinski definition) is 3. The molecule has 3 aliphatic rings. The Labute approximate surface area is 195 Å². The topological polar surface area (TPSA) is 122 Å². The third-order valence-corrected chi connectivity index (χ3v) is 7.17. The van der Waals surface area contributed by atoms with Crippen LogP contribution in [0.25, 0.3) is 0 Å². The van der Waals surface area contributed by atoms with E-state index < -0.39 is 41.1 Å². The van der Waals surface area contributed by atoms with E-state index >= 15 is 0 Å². The summed E-state index contributed by atoms with van der Waals surface area (Å²) >= 11 is 6.24. The van der Waals surface area contributed by atoms with Crippen LogP contribution < -0.4 is 16.4 Å². The molecular weight excluding hydrogens is 444 g/mol. The number of amides is 4. The number of benzene rings is 2. The van der Waals surface area contributed by atoms with Crippen LogP contribution in [0.3, 0.4) is 0 Å². The van der Waals surface area contributed by atoms with Gasteiger partial charge in [0.15, 0.2) is 0 Å². The molecule has 3 aliphatic heterocycles. The molecule has 33 heavy (non-hydrogen) atoms. The highest BCUT2D eigenvalue weighted by Gasteiger charge is 2.70.